The summed E-state index contributed by atoms with van der Waals surface area (Å²) >= 11 is 1.43. The van der Waals surface area contributed by atoms with Crippen LogP contribution in [0.3, 0.4) is 0 Å². The largest absolute Gasteiger partial charge is 0.459 e. The van der Waals surface area contributed by atoms with Crippen molar-refractivity contribution in [3.05, 3.63) is 51.7 Å². The number of aryl methyl sites for hydroxylation is 2. The number of anilines is 1. The molecule has 0 bridgehead atoms. The van der Waals surface area contributed by atoms with Gasteiger partial charge in [0.2, 0.25) is 5.91 Å². The molecule has 1 fully saturated rings. The maximum absolute atomic E-state index is 11.6. The van der Waals surface area contributed by atoms with Crippen molar-refractivity contribution >= 4 is 28.9 Å². The summed E-state index contributed by atoms with van der Waals surface area (Å²) in [6.45, 7) is 5.03. The summed E-state index contributed by atoms with van der Waals surface area (Å²) in [5.41, 5.74) is 2.45. The summed E-state index contributed by atoms with van der Waals surface area (Å²) in [5, 5.41) is 17.9. The van der Waals surface area contributed by atoms with Gasteiger partial charge in [0.05, 0.1) is 6.10 Å². The second kappa shape index (κ2) is 16.5. The zero-order valence-electron chi connectivity index (χ0n) is 21.2. The molecular formula is C28H41NO5S. The third-order valence-corrected chi connectivity index (χ3v) is 6.99. The van der Waals surface area contributed by atoms with Crippen LogP contribution in [0.2, 0.25) is 0 Å². The number of hydrogen-bond donors (Lipinski definition) is 2. The van der Waals surface area contributed by atoms with Crippen molar-refractivity contribution in [1.29, 1.82) is 0 Å². The number of carbonyl (C=O) groups excluding carboxylic acids is 2. The molecule has 1 aromatic carbocycles. The lowest BCUT2D eigenvalue weighted by molar-refractivity contribution is -0.117. The topological polar surface area (TPSA) is 87.1 Å². The maximum Gasteiger partial charge on any atom is 0.348 e. The molecule has 2 N–H and O–H groups in total. The van der Waals surface area contributed by atoms with Crippen LogP contribution in [-0.4, -0.2) is 48.0 Å². The smallest absolute Gasteiger partial charge is 0.348 e. The van der Waals surface area contributed by atoms with E-state index in [1.165, 1.54) is 42.6 Å². The number of thiophene rings is 1. The Hall–Kier alpha value is -2.22. The molecule has 0 radical (unpaired) electrons. The Labute approximate surface area is 213 Å². The van der Waals surface area contributed by atoms with Crippen molar-refractivity contribution in [1.82, 2.24) is 0 Å². The van der Waals surface area contributed by atoms with Crippen LogP contribution in [-0.2, 0) is 22.4 Å². The predicted octanol–water partition coefficient (Wildman–Crippen LogP) is 5.54. The lowest BCUT2D eigenvalue weighted by Crippen LogP contribution is -2.23. The Kier molecular flexibility index (Phi) is 13.6. The SMILES string of the molecule is CCCCCCc1ccc(N2CCCC2=O)cc1.CCCc1ccc(C(=O)OCC(O)CCO)s1. The van der Waals surface area contributed by atoms with Gasteiger partial charge in [-0.3, -0.25) is 4.79 Å². The van der Waals surface area contributed by atoms with Crippen molar-refractivity contribution in [3.63, 3.8) is 0 Å². The highest BCUT2D eigenvalue weighted by Gasteiger charge is 2.21. The van der Waals surface area contributed by atoms with Crippen LogP contribution in [0.1, 0.15) is 85.3 Å². The number of rotatable bonds is 13. The molecule has 35 heavy (non-hydrogen) atoms. The van der Waals surface area contributed by atoms with Crippen molar-refractivity contribution in [2.24, 2.45) is 0 Å². The third-order valence-electron chi connectivity index (χ3n) is 5.87. The van der Waals surface area contributed by atoms with Gasteiger partial charge >= 0.3 is 5.97 Å². The average molecular weight is 504 g/mol. The molecule has 1 amide bonds. The van der Waals surface area contributed by atoms with E-state index in [-0.39, 0.29) is 25.5 Å². The van der Waals surface area contributed by atoms with Crippen LogP contribution in [0.5, 0.6) is 0 Å². The van der Waals surface area contributed by atoms with Gasteiger partial charge in [0.15, 0.2) is 0 Å². The van der Waals surface area contributed by atoms with Crippen molar-refractivity contribution in [3.8, 4) is 0 Å². The fourth-order valence-corrected chi connectivity index (χ4v) is 4.87. The molecule has 1 aliphatic heterocycles. The summed E-state index contributed by atoms with van der Waals surface area (Å²) in [7, 11) is 0. The van der Waals surface area contributed by atoms with Crippen LogP contribution in [0.15, 0.2) is 36.4 Å². The molecule has 1 atom stereocenters. The number of aliphatic hydroxyl groups excluding tert-OH is 2. The standard InChI is InChI=1S/C16H23NO.C12H18O4S/c1-2-3-4-5-7-14-9-11-15(12-10-14)17-13-6-8-16(17)18;1-2-3-10-4-5-11(17-10)12(15)16-8-9(14)6-7-13/h9-12H,2-8,13H2,1H3;4-5,9,13-14H,2-3,6-8H2,1H3. The van der Waals surface area contributed by atoms with Gasteiger partial charge in [0.1, 0.15) is 11.5 Å². The second-order valence-corrected chi connectivity index (χ2v) is 10.1. The monoisotopic (exact) mass is 503 g/mol. The second-order valence-electron chi connectivity index (χ2n) is 8.91. The third kappa shape index (κ3) is 10.5. The van der Waals surface area contributed by atoms with E-state index in [1.54, 1.807) is 6.07 Å². The number of esters is 1. The summed E-state index contributed by atoms with van der Waals surface area (Å²) in [4.78, 5) is 26.8. The highest BCUT2D eigenvalue weighted by Crippen LogP contribution is 2.22. The molecule has 3 rings (SSSR count). The molecule has 0 saturated carbocycles. The van der Waals surface area contributed by atoms with Gasteiger partial charge in [-0.25, -0.2) is 4.79 Å². The van der Waals surface area contributed by atoms with E-state index in [4.69, 9.17) is 9.84 Å². The van der Waals surface area contributed by atoms with Gasteiger partial charge < -0.3 is 19.8 Å². The molecular weight excluding hydrogens is 462 g/mol. The van der Waals surface area contributed by atoms with Crippen LogP contribution in [0, 0.1) is 0 Å². The first-order chi connectivity index (χ1) is 17.0. The number of nitrogens with zero attached hydrogens (tertiary/aromatic N) is 1. The van der Waals surface area contributed by atoms with Gasteiger partial charge in [-0.05, 0) is 61.9 Å². The van der Waals surface area contributed by atoms with E-state index in [1.807, 2.05) is 11.0 Å². The molecule has 7 heteroatoms. The fraction of sp³-hybridized carbons (Fsp3) is 0.571. The van der Waals surface area contributed by atoms with E-state index in [0.717, 1.165) is 42.8 Å². The summed E-state index contributed by atoms with van der Waals surface area (Å²) in [6.07, 6.45) is 9.52. The van der Waals surface area contributed by atoms with Gasteiger partial charge in [0.25, 0.3) is 0 Å². The van der Waals surface area contributed by atoms with Crippen molar-refractivity contribution < 1.29 is 24.5 Å². The summed E-state index contributed by atoms with van der Waals surface area (Å²) in [5.74, 6) is -0.139. The first-order valence-corrected chi connectivity index (χ1v) is 13.7. The van der Waals surface area contributed by atoms with Crippen molar-refractivity contribution in [2.75, 3.05) is 24.7 Å². The number of hydrogen-bond acceptors (Lipinski definition) is 6. The average Bonchev–Trinajstić information content (AvgIpc) is 3.51. The maximum atomic E-state index is 11.6. The highest BCUT2D eigenvalue weighted by molar-refractivity contribution is 7.13. The molecule has 194 valence electrons. The van der Waals surface area contributed by atoms with Gasteiger partial charge in [0, 0.05) is 30.1 Å². The minimum Gasteiger partial charge on any atom is -0.459 e. The van der Waals surface area contributed by atoms with E-state index < -0.39 is 12.1 Å². The molecule has 1 aromatic heterocycles. The van der Waals surface area contributed by atoms with Gasteiger partial charge in [-0.15, -0.1) is 11.3 Å². The molecule has 1 aliphatic rings. The number of unbranched alkanes of at least 4 members (excludes halogenated alkanes) is 3. The molecule has 1 unspecified atom stereocenters. The zero-order valence-corrected chi connectivity index (χ0v) is 22.0. The first-order valence-electron chi connectivity index (χ1n) is 12.9. The minimum atomic E-state index is -0.793. The van der Waals surface area contributed by atoms with Gasteiger partial charge in [-0.1, -0.05) is 51.7 Å². The number of ether oxygens (including phenoxy) is 1. The zero-order chi connectivity index (χ0) is 25.5. The predicted molar refractivity (Wildman–Crippen MR) is 142 cm³/mol. The number of amides is 1. The summed E-state index contributed by atoms with van der Waals surface area (Å²) < 4.78 is 4.94. The van der Waals surface area contributed by atoms with Crippen LogP contribution in [0.25, 0.3) is 0 Å². The number of carbonyl (C=O) groups is 2. The minimum absolute atomic E-state index is 0.0690. The van der Waals surface area contributed by atoms with Crippen LogP contribution < -0.4 is 4.90 Å². The van der Waals surface area contributed by atoms with Gasteiger partial charge in [-0.2, -0.15) is 0 Å². The van der Waals surface area contributed by atoms with E-state index in [0.29, 0.717) is 11.3 Å². The molecule has 1 saturated heterocycles. The lowest BCUT2D eigenvalue weighted by atomic mass is 10.1. The quantitative estimate of drug-likeness (QED) is 0.277. The van der Waals surface area contributed by atoms with E-state index in [2.05, 4.69) is 38.1 Å². The fourth-order valence-electron chi connectivity index (χ4n) is 3.86. The Morgan fingerprint density at radius 2 is 1.83 bits per heavy atom. The van der Waals surface area contributed by atoms with Crippen molar-refractivity contribution in [2.45, 2.75) is 84.2 Å². The highest BCUT2D eigenvalue weighted by atomic mass is 32.1. The molecule has 6 nitrogen and oxygen atoms in total. The molecule has 2 heterocycles. The number of aliphatic hydroxyl groups is 2. The lowest BCUT2D eigenvalue weighted by Gasteiger charge is -2.15. The molecule has 0 spiro atoms. The van der Waals surface area contributed by atoms with Crippen LogP contribution >= 0.6 is 11.3 Å². The van der Waals surface area contributed by atoms with Crippen LogP contribution in [0.4, 0.5) is 5.69 Å². The normalized spacial score (nSPS) is 13.9. The first kappa shape index (κ1) is 29.0. The van der Waals surface area contributed by atoms with E-state index >= 15 is 0 Å². The number of benzene rings is 1. The van der Waals surface area contributed by atoms with E-state index in [9.17, 15) is 14.7 Å². The summed E-state index contributed by atoms with van der Waals surface area (Å²) in [6, 6.07) is 12.2. The molecule has 0 aliphatic carbocycles. The Morgan fingerprint density at radius 3 is 2.46 bits per heavy atom. The Balaban J connectivity index is 0.000000247. The Morgan fingerprint density at radius 1 is 1.06 bits per heavy atom. The molecule has 2 aromatic rings. The Bertz CT molecular complexity index is 880.